The van der Waals surface area contributed by atoms with Crippen LogP contribution in [0.1, 0.15) is 33.3 Å². The molecule has 31 heavy (non-hydrogen) atoms. The highest BCUT2D eigenvalue weighted by Gasteiger charge is 2.56. The molecular formula is C24H27B2FN2O2. The van der Waals surface area contributed by atoms with Gasteiger partial charge in [0.2, 0.25) is 0 Å². The molecule has 0 aliphatic carbocycles. The first-order chi connectivity index (χ1) is 14.7. The summed E-state index contributed by atoms with van der Waals surface area (Å²) < 4.78 is 27.5. The predicted molar refractivity (Wildman–Crippen MR) is 127 cm³/mol. The molecule has 2 heterocycles. The van der Waals surface area contributed by atoms with E-state index in [9.17, 15) is 4.39 Å². The second kappa shape index (κ2) is 7.28. The van der Waals surface area contributed by atoms with Gasteiger partial charge < -0.3 is 19.8 Å². The minimum Gasteiger partial charge on any atom is -0.409 e. The van der Waals surface area contributed by atoms with E-state index in [1.807, 2.05) is 39.8 Å². The van der Waals surface area contributed by atoms with Crippen LogP contribution in [0.5, 0.6) is 0 Å². The number of halogens is 1. The van der Waals surface area contributed by atoms with Gasteiger partial charge in [0.25, 0.3) is 0 Å². The van der Waals surface area contributed by atoms with Gasteiger partial charge in [-0.1, -0.05) is 42.5 Å². The van der Waals surface area contributed by atoms with Crippen LogP contribution in [0.15, 0.2) is 60.7 Å². The number of nitrogens with one attached hydrogen (secondary N) is 2. The van der Waals surface area contributed by atoms with Crippen LogP contribution in [0.3, 0.4) is 0 Å². The molecule has 2 aliphatic rings. The smallest absolute Gasteiger partial charge is 0.409 e. The molecule has 5 rings (SSSR count). The number of hydrogen-bond acceptors (Lipinski definition) is 4. The van der Waals surface area contributed by atoms with Crippen LogP contribution in [-0.2, 0) is 15.7 Å². The van der Waals surface area contributed by atoms with E-state index in [1.54, 1.807) is 6.07 Å². The Kier molecular flexibility index (Phi) is 4.79. The molecule has 3 aromatic rings. The molecule has 1 saturated heterocycles. The molecule has 7 heteroatoms. The molecule has 0 radical (unpaired) electrons. The standard InChI is InChI=1S/C24H27B2FN2O2/c1-23(2)24(3,4)31-26(30-23)21(15-17-9-5-6-12-18(17)27)25-28-19-13-7-10-16-11-8-14-20(29-25)22(16)19/h5-14,21,28-29H,15H2,1-4H3. The van der Waals surface area contributed by atoms with Crippen molar-refractivity contribution in [3.63, 3.8) is 0 Å². The van der Waals surface area contributed by atoms with Gasteiger partial charge in [0.05, 0.1) is 11.2 Å². The Balaban J connectivity index is 1.53. The fraction of sp³-hybridized carbons (Fsp3) is 0.333. The Morgan fingerprint density at radius 1 is 0.839 bits per heavy atom. The van der Waals surface area contributed by atoms with Crippen molar-refractivity contribution in [1.82, 2.24) is 0 Å². The van der Waals surface area contributed by atoms with Gasteiger partial charge in [-0.15, -0.1) is 0 Å². The Morgan fingerprint density at radius 3 is 2.00 bits per heavy atom. The molecule has 2 N–H and O–H groups in total. The molecule has 2 aliphatic heterocycles. The summed E-state index contributed by atoms with van der Waals surface area (Å²) >= 11 is 0. The Hall–Kier alpha value is -2.50. The third-order valence-corrected chi connectivity index (χ3v) is 6.99. The second-order valence-electron chi connectivity index (χ2n) is 9.56. The lowest BCUT2D eigenvalue weighted by atomic mass is 9.44. The predicted octanol–water partition coefficient (Wildman–Crippen LogP) is 5.55. The van der Waals surface area contributed by atoms with Crippen LogP contribution in [0, 0.1) is 5.82 Å². The topological polar surface area (TPSA) is 42.5 Å². The van der Waals surface area contributed by atoms with Crippen molar-refractivity contribution < 1.29 is 13.7 Å². The van der Waals surface area contributed by atoms with Crippen molar-refractivity contribution in [3.8, 4) is 0 Å². The minimum absolute atomic E-state index is 0.165. The fourth-order valence-corrected chi connectivity index (χ4v) is 4.52. The fourth-order valence-electron chi connectivity index (χ4n) is 4.52. The third-order valence-electron chi connectivity index (χ3n) is 6.99. The van der Waals surface area contributed by atoms with E-state index in [2.05, 4.69) is 46.9 Å². The zero-order valence-electron chi connectivity index (χ0n) is 18.4. The summed E-state index contributed by atoms with van der Waals surface area (Å²) in [4.78, 5) is 0. The molecule has 4 nitrogen and oxygen atoms in total. The minimum atomic E-state index is -0.487. The largest absolute Gasteiger partial charge is 0.457 e. The van der Waals surface area contributed by atoms with Crippen LogP contribution >= 0.6 is 0 Å². The lowest BCUT2D eigenvalue weighted by molar-refractivity contribution is 0.00578. The molecule has 1 unspecified atom stereocenters. The molecule has 0 spiro atoms. The van der Waals surface area contributed by atoms with E-state index in [-0.39, 0.29) is 18.5 Å². The maximum Gasteiger partial charge on any atom is 0.457 e. The van der Waals surface area contributed by atoms with Gasteiger partial charge in [0.15, 0.2) is 0 Å². The molecule has 158 valence electrons. The van der Waals surface area contributed by atoms with Crippen LogP contribution in [-0.4, -0.2) is 25.3 Å². The van der Waals surface area contributed by atoms with Gasteiger partial charge in [-0.3, -0.25) is 0 Å². The second-order valence-corrected chi connectivity index (χ2v) is 9.56. The van der Waals surface area contributed by atoms with Gasteiger partial charge in [0.1, 0.15) is 5.82 Å². The molecule has 3 aromatic carbocycles. The lowest BCUT2D eigenvalue weighted by Crippen LogP contribution is -2.49. The average Bonchev–Trinajstić information content (AvgIpc) is 2.94. The molecule has 1 atom stereocenters. The van der Waals surface area contributed by atoms with Gasteiger partial charge in [-0.05, 0) is 63.3 Å². The highest BCUT2D eigenvalue weighted by atomic mass is 19.1. The Labute approximate surface area is 183 Å². The van der Waals surface area contributed by atoms with Crippen LogP contribution in [0.25, 0.3) is 10.8 Å². The molecular weight excluding hydrogens is 389 g/mol. The van der Waals surface area contributed by atoms with Crippen molar-refractivity contribution in [2.24, 2.45) is 0 Å². The summed E-state index contributed by atoms with van der Waals surface area (Å²) in [5.74, 6) is -0.206. The normalized spacial score (nSPS) is 19.8. The van der Waals surface area contributed by atoms with E-state index < -0.39 is 18.3 Å². The summed E-state index contributed by atoms with van der Waals surface area (Å²) in [6.07, 6.45) is 0.478. The maximum absolute atomic E-state index is 14.6. The van der Waals surface area contributed by atoms with Crippen LogP contribution in [0.4, 0.5) is 15.8 Å². The zero-order chi connectivity index (χ0) is 21.8. The summed E-state index contributed by atoms with van der Waals surface area (Å²) in [6.45, 7) is 8.00. The van der Waals surface area contributed by atoms with Gasteiger partial charge in [-0.2, -0.15) is 0 Å². The lowest BCUT2D eigenvalue weighted by Gasteiger charge is -2.33. The quantitative estimate of drug-likeness (QED) is 0.548. The van der Waals surface area contributed by atoms with E-state index in [4.69, 9.17) is 9.31 Å². The van der Waals surface area contributed by atoms with Crippen molar-refractivity contribution in [2.75, 3.05) is 10.5 Å². The Bertz CT molecular complexity index is 1080. The van der Waals surface area contributed by atoms with Gasteiger partial charge >= 0.3 is 14.1 Å². The van der Waals surface area contributed by atoms with Crippen molar-refractivity contribution >= 4 is 36.2 Å². The first-order valence-electron chi connectivity index (χ1n) is 10.9. The summed E-state index contributed by atoms with van der Waals surface area (Å²) in [7, 11) is -0.487. The van der Waals surface area contributed by atoms with E-state index >= 15 is 0 Å². The van der Waals surface area contributed by atoms with E-state index in [0.29, 0.717) is 12.0 Å². The third kappa shape index (κ3) is 3.50. The molecule has 0 saturated carbocycles. The summed E-state index contributed by atoms with van der Waals surface area (Å²) in [5.41, 5.74) is 1.69. The number of rotatable bonds is 4. The molecule has 0 bridgehead atoms. The number of hydrogen-bond donors (Lipinski definition) is 2. The maximum atomic E-state index is 14.6. The van der Waals surface area contributed by atoms with Crippen molar-refractivity contribution in [3.05, 3.63) is 72.0 Å². The SMILES string of the molecule is CC1(C)OB(C(Cc2ccccc2F)B2Nc3cccc4cccc(c34)N2)OC1(C)C. The van der Waals surface area contributed by atoms with Crippen LogP contribution in [0.2, 0.25) is 5.72 Å². The van der Waals surface area contributed by atoms with E-state index in [1.165, 1.54) is 16.8 Å². The molecule has 1 fully saturated rings. The van der Waals surface area contributed by atoms with Crippen molar-refractivity contribution in [2.45, 2.75) is 51.0 Å². The highest BCUT2D eigenvalue weighted by molar-refractivity contribution is 6.80. The zero-order valence-corrected chi connectivity index (χ0v) is 18.4. The average molecular weight is 416 g/mol. The van der Waals surface area contributed by atoms with Crippen LogP contribution < -0.4 is 10.5 Å². The summed E-state index contributed by atoms with van der Waals surface area (Å²) in [6, 6.07) is 19.4. The highest BCUT2D eigenvalue weighted by Crippen LogP contribution is 2.43. The molecule has 0 aromatic heterocycles. The van der Waals surface area contributed by atoms with Gasteiger partial charge in [-0.25, -0.2) is 4.39 Å². The van der Waals surface area contributed by atoms with E-state index in [0.717, 1.165) is 11.4 Å². The first kappa shape index (κ1) is 20.4. The number of benzene rings is 3. The Morgan fingerprint density at radius 2 is 1.42 bits per heavy atom. The van der Waals surface area contributed by atoms with Crippen molar-refractivity contribution in [1.29, 1.82) is 0 Å². The molecule has 0 amide bonds. The number of anilines is 2. The monoisotopic (exact) mass is 416 g/mol. The summed E-state index contributed by atoms with van der Waals surface area (Å²) in [5, 5.41) is 9.62. The van der Waals surface area contributed by atoms with Gasteiger partial charge in [0, 0.05) is 22.5 Å². The first-order valence-corrected chi connectivity index (χ1v) is 10.9.